The van der Waals surface area contributed by atoms with Gasteiger partial charge in [0.05, 0.1) is 11.1 Å². The lowest BCUT2D eigenvalue weighted by atomic mass is 10.1. The average molecular weight is 549 g/mol. The Morgan fingerprint density at radius 1 is 0.854 bits per heavy atom. The minimum atomic E-state index is -0.698. The summed E-state index contributed by atoms with van der Waals surface area (Å²) in [5.41, 5.74) is 5.28. The van der Waals surface area contributed by atoms with Crippen LogP contribution in [-0.4, -0.2) is 28.9 Å². The summed E-state index contributed by atoms with van der Waals surface area (Å²) in [6.45, 7) is 1.93. The van der Waals surface area contributed by atoms with E-state index < -0.39 is 16.8 Å². The quantitative estimate of drug-likeness (QED) is 0.0703. The van der Waals surface area contributed by atoms with E-state index in [1.165, 1.54) is 36.4 Å². The van der Waals surface area contributed by atoms with Crippen molar-refractivity contribution < 1.29 is 24.0 Å². The Labute approximate surface area is 235 Å². The average Bonchev–Trinajstić information content (AvgIpc) is 2.98. The highest BCUT2D eigenvalue weighted by atomic mass is 16.6. The monoisotopic (exact) mass is 548 g/mol. The first-order valence-electron chi connectivity index (χ1n) is 12.3. The molecule has 0 radical (unpaired) electrons. The molecule has 0 spiro atoms. The molecule has 204 valence electrons. The highest BCUT2D eigenvalue weighted by Crippen LogP contribution is 2.23. The van der Waals surface area contributed by atoms with Crippen molar-refractivity contribution in [3.63, 3.8) is 0 Å². The van der Waals surface area contributed by atoms with Gasteiger partial charge in [0.25, 0.3) is 17.5 Å². The Morgan fingerprint density at radius 3 is 2.20 bits per heavy atom. The van der Waals surface area contributed by atoms with E-state index in [-0.39, 0.29) is 28.5 Å². The SMILES string of the molecule is Cc1ccc(C(=O)Nc2ccc(C(=O)N/N=C/c3cc([N+](=O)[O-])ccc3OC(=O)/C=C/c3ccccc3)cc2)cc1. The molecule has 0 aliphatic heterocycles. The van der Waals surface area contributed by atoms with Crippen molar-refractivity contribution in [3.05, 3.63) is 141 Å². The lowest BCUT2D eigenvalue weighted by molar-refractivity contribution is -0.384. The van der Waals surface area contributed by atoms with Gasteiger partial charge >= 0.3 is 5.97 Å². The maximum absolute atomic E-state index is 12.6. The number of aryl methyl sites for hydroxylation is 1. The number of ether oxygens (including phenoxy) is 1. The molecule has 41 heavy (non-hydrogen) atoms. The van der Waals surface area contributed by atoms with Crippen molar-refractivity contribution in [2.45, 2.75) is 6.92 Å². The van der Waals surface area contributed by atoms with Crippen molar-refractivity contribution in [1.29, 1.82) is 0 Å². The largest absolute Gasteiger partial charge is 0.423 e. The van der Waals surface area contributed by atoms with Crippen LogP contribution in [0.15, 0.2) is 108 Å². The minimum absolute atomic E-state index is 0.0185. The van der Waals surface area contributed by atoms with Gasteiger partial charge in [0.15, 0.2) is 0 Å². The number of carbonyl (C=O) groups excluding carboxylic acids is 3. The lowest BCUT2D eigenvalue weighted by Crippen LogP contribution is -2.18. The molecule has 0 aliphatic rings. The Balaban J connectivity index is 1.40. The van der Waals surface area contributed by atoms with Gasteiger partial charge in [-0.05, 0) is 61.0 Å². The van der Waals surface area contributed by atoms with Gasteiger partial charge in [-0.2, -0.15) is 5.10 Å². The van der Waals surface area contributed by atoms with E-state index in [1.54, 1.807) is 30.3 Å². The van der Waals surface area contributed by atoms with Crippen LogP contribution in [0.1, 0.15) is 37.4 Å². The molecule has 0 fully saturated rings. The van der Waals surface area contributed by atoms with E-state index in [4.69, 9.17) is 4.74 Å². The van der Waals surface area contributed by atoms with Crippen LogP contribution in [0, 0.1) is 17.0 Å². The van der Waals surface area contributed by atoms with Gasteiger partial charge < -0.3 is 10.1 Å². The summed E-state index contributed by atoms with van der Waals surface area (Å²) in [5.74, 6) is -1.52. The number of hydrogen-bond acceptors (Lipinski definition) is 7. The van der Waals surface area contributed by atoms with Crippen molar-refractivity contribution in [1.82, 2.24) is 5.43 Å². The number of amides is 2. The molecule has 0 unspecified atom stereocenters. The third-order valence-electron chi connectivity index (χ3n) is 5.71. The molecule has 4 aromatic rings. The highest BCUT2D eigenvalue weighted by molar-refractivity contribution is 6.04. The van der Waals surface area contributed by atoms with Gasteiger partial charge in [-0.25, -0.2) is 10.2 Å². The van der Waals surface area contributed by atoms with Crippen LogP contribution in [0.5, 0.6) is 5.75 Å². The Kier molecular flexibility index (Phi) is 9.09. The number of nitro groups is 1. The molecule has 10 nitrogen and oxygen atoms in total. The Bertz CT molecular complexity index is 1630. The smallest absolute Gasteiger partial charge is 0.336 e. The van der Waals surface area contributed by atoms with Gasteiger partial charge in [0, 0.05) is 40.6 Å². The number of carbonyl (C=O) groups is 3. The summed E-state index contributed by atoms with van der Waals surface area (Å²) < 4.78 is 5.34. The molecule has 0 heterocycles. The first-order chi connectivity index (χ1) is 19.8. The van der Waals surface area contributed by atoms with Gasteiger partial charge in [0.2, 0.25) is 0 Å². The van der Waals surface area contributed by atoms with Crippen LogP contribution >= 0.6 is 0 Å². The minimum Gasteiger partial charge on any atom is -0.423 e. The van der Waals surface area contributed by atoms with E-state index in [2.05, 4.69) is 15.8 Å². The molecule has 10 heteroatoms. The van der Waals surface area contributed by atoms with Crippen molar-refractivity contribution >= 4 is 41.4 Å². The molecule has 0 aromatic heterocycles. The van der Waals surface area contributed by atoms with E-state index in [0.717, 1.165) is 17.3 Å². The molecule has 0 aliphatic carbocycles. The van der Waals surface area contributed by atoms with Crippen LogP contribution in [0.25, 0.3) is 6.08 Å². The second-order valence-electron chi connectivity index (χ2n) is 8.74. The number of nitrogens with zero attached hydrogens (tertiary/aromatic N) is 2. The molecule has 0 saturated carbocycles. The summed E-state index contributed by atoms with van der Waals surface area (Å²) >= 11 is 0. The van der Waals surface area contributed by atoms with E-state index in [9.17, 15) is 24.5 Å². The van der Waals surface area contributed by atoms with Gasteiger partial charge in [-0.3, -0.25) is 19.7 Å². The predicted octanol–water partition coefficient (Wildman–Crippen LogP) is 5.54. The van der Waals surface area contributed by atoms with Crippen LogP contribution in [0.3, 0.4) is 0 Å². The van der Waals surface area contributed by atoms with Gasteiger partial charge in [-0.15, -0.1) is 0 Å². The number of nitrogens with one attached hydrogen (secondary N) is 2. The predicted molar refractivity (Wildman–Crippen MR) is 155 cm³/mol. The Hall–Kier alpha value is -5.90. The van der Waals surface area contributed by atoms with Crippen LogP contribution in [-0.2, 0) is 4.79 Å². The number of anilines is 1. The number of non-ortho nitro benzene ring substituents is 1. The summed E-state index contributed by atoms with van der Waals surface area (Å²) in [5, 5.41) is 17.9. The second-order valence-corrected chi connectivity index (χ2v) is 8.74. The number of nitro benzene ring substituents is 1. The fourth-order valence-corrected chi connectivity index (χ4v) is 3.55. The fourth-order valence-electron chi connectivity index (χ4n) is 3.55. The third-order valence-corrected chi connectivity index (χ3v) is 5.71. The number of hydrazone groups is 1. The standard InChI is InChI=1S/C31H24N4O6/c1-21-7-10-23(11-8-21)30(37)33-26-14-12-24(13-15-26)31(38)34-32-20-25-19-27(35(39)40)16-17-28(25)41-29(36)18-9-22-5-3-2-4-6-22/h2-20H,1H3,(H,33,37)(H,34,38)/b18-9+,32-20+. The van der Waals surface area contributed by atoms with Crippen molar-refractivity contribution in [2.75, 3.05) is 5.32 Å². The van der Waals surface area contributed by atoms with Crippen LogP contribution in [0.2, 0.25) is 0 Å². The topological polar surface area (TPSA) is 140 Å². The molecule has 0 bridgehead atoms. The van der Waals surface area contributed by atoms with E-state index >= 15 is 0 Å². The van der Waals surface area contributed by atoms with E-state index in [1.807, 2.05) is 49.4 Å². The normalized spacial score (nSPS) is 10.9. The summed E-state index contributed by atoms with van der Waals surface area (Å²) in [6.07, 6.45) is 3.94. The second kappa shape index (κ2) is 13.3. The zero-order chi connectivity index (χ0) is 29.2. The molecule has 2 amide bonds. The highest BCUT2D eigenvalue weighted by Gasteiger charge is 2.13. The van der Waals surface area contributed by atoms with Gasteiger partial charge in [-0.1, -0.05) is 48.0 Å². The zero-order valence-corrected chi connectivity index (χ0v) is 21.8. The first-order valence-corrected chi connectivity index (χ1v) is 12.3. The molecular weight excluding hydrogens is 524 g/mol. The maximum Gasteiger partial charge on any atom is 0.336 e. The summed E-state index contributed by atoms with van der Waals surface area (Å²) in [4.78, 5) is 47.9. The maximum atomic E-state index is 12.6. The molecule has 4 aromatic carbocycles. The summed E-state index contributed by atoms with van der Waals surface area (Å²) in [7, 11) is 0. The molecule has 2 N–H and O–H groups in total. The number of esters is 1. The van der Waals surface area contributed by atoms with Crippen molar-refractivity contribution in [2.24, 2.45) is 5.10 Å². The molecule has 0 atom stereocenters. The zero-order valence-electron chi connectivity index (χ0n) is 21.8. The lowest BCUT2D eigenvalue weighted by Gasteiger charge is -2.07. The Morgan fingerprint density at radius 2 is 1.51 bits per heavy atom. The third kappa shape index (κ3) is 8.04. The fraction of sp³-hybridized carbons (Fsp3) is 0.0323. The van der Waals surface area contributed by atoms with Crippen molar-refractivity contribution in [3.8, 4) is 5.75 Å². The summed E-state index contributed by atoms with van der Waals surface area (Å²) in [6, 6.07) is 26.0. The van der Waals surface area contributed by atoms with Gasteiger partial charge in [0.1, 0.15) is 5.75 Å². The number of hydrogen-bond donors (Lipinski definition) is 2. The number of benzene rings is 4. The number of rotatable bonds is 9. The molecule has 4 rings (SSSR count). The molecular formula is C31H24N4O6. The first kappa shape index (κ1) is 28.1. The van der Waals surface area contributed by atoms with E-state index in [0.29, 0.717) is 11.3 Å². The molecule has 0 saturated heterocycles. The van der Waals surface area contributed by atoms with Crippen LogP contribution < -0.4 is 15.5 Å². The van der Waals surface area contributed by atoms with Crippen LogP contribution in [0.4, 0.5) is 11.4 Å².